The smallest absolute Gasteiger partial charge is 0.0568 e. The van der Waals surface area contributed by atoms with Crippen LogP contribution in [0.15, 0.2) is 23.1 Å². The molecule has 74 valence electrons. The van der Waals surface area contributed by atoms with Crippen molar-refractivity contribution in [1.29, 1.82) is 0 Å². The van der Waals surface area contributed by atoms with Crippen molar-refractivity contribution < 1.29 is 0 Å². The summed E-state index contributed by atoms with van der Waals surface area (Å²) < 4.78 is 1.34. The van der Waals surface area contributed by atoms with Gasteiger partial charge in [0.15, 0.2) is 0 Å². The molecule has 0 saturated carbocycles. The summed E-state index contributed by atoms with van der Waals surface area (Å²) >= 11 is 12.1. The fourth-order valence-corrected chi connectivity index (χ4v) is 3.24. The molecule has 0 radical (unpaired) electrons. The minimum atomic E-state index is 0.593. The zero-order chi connectivity index (χ0) is 10.1. The second kappa shape index (κ2) is 4.13. The van der Waals surface area contributed by atoms with E-state index in [1.165, 1.54) is 20.5 Å². The van der Waals surface area contributed by atoms with Crippen molar-refractivity contribution in [2.75, 3.05) is 0 Å². The number of benzene rings is 1. The first-order valence-corrected chi connectivity index (χ1v) is 6.35. The van der Waals surface area contributed by atoms with E-state index in [1.54, 1.807) is 11.3 Å². The summed E-state index contributed by atoms with van der Waals surface area (Å²) in [7, 11) is 0. The normalized spacial score (nSPS) is 11.1. The lowest BCUT2D eigenvalue weighted by Gasteiger charge is -2.00. The van der Waals surface area contributed by atoms with E-state index in [0.29, 0.717) is 5.88 Å². The van der Waals surface area contributed by atoms with Gasteiger partial charge in [-0.15, -0.1) is 35.6 Å². The number of alkyl halides is 1. The fraction of sp³-hybridized carbons (Fsp3) is 0.273. The van der Waals surface area contributed by atoms with Crippen LogP contribution in [0.5, 0.6) is 0 Å². The van der Waals surface area contributed by atoms with E-state index in [9.17, 15) is 0 Å². The van der Waals surface area contributed by atoms with Crippen LogP contribution in [-0.2, 0) is 12.3 Å². The number of fused-ring (bicyclic) bond motifs is 1. The van der Waals surface area contributed by atoms with Gasteiger partial charge in [-0.1, -0.05) is 13.0 Å². The zero-order valence-electron chi connectivity index (χ0n) is 7.88. The molecule has 0 aliphatic carbocycles. The Balaban J connectivity index is 2.74. The molecule has 2 rings (SSSR count). The third-order valence-electron chi connectivity index (χ3n) is 2.31. The Hall–Kier alpha value is -0.180. The molecule has 0 saturated heterocycles. The van der Waals surface area contributed by atoms with Crippen LogP contribution in [-0.4, -0.2) is 0 Å². The molecule has 0 bridgehead atoms. The number of thiophene rings is 1. The molecule has 0 spiro atoms. The first kappa shape index (κ1) is 10.3. The topological polar surface area (TPSA) is 0 Å². The monoisotopic (exact) mass is 242 g/mol. The van der Waals surface area contributed by atoms with Crippen LogP contribution in [0.3, 0.4) is 0 Å². The maximum atomic E-state index is 5.83. The summed E-state index contributed by atoms with van der Waals surface area (Å²) in [5, 5.41) is 1.24. The molecule has 0 aliphatic heterocycles. The molecule has 0 aliphatic rings. The quantitative estimate of drug-likeness (QED) is 0.582. The van der Waals surface area contributed by atoms with Crippen LogP contribution < -0.4 is 0 Å². The molecule has 1 heterocycles. The van der Waals surface area contributed by atoms with E-state index < -0.39 is 0 Å². The van der Waals surface area contributed by atoms with Crippen LogP contribution in [0.25, 0.3) is 10.1 Å². The Morgan fingerprint density at radius 1 is 1.43 bits per heavy atom. The Morgan fingerprint density at radius 3 is 2.86 bits per heavy atom. The minimum absolute atomic E-state index is 0.593. The zero-order valence-corrected chi connectivity index (χ0v) is 10.3. The summed E-state index contributed by atoms with van der Waals surface area (Å²) in [5.41, 5.74) is 1.39. The lowest BCUT2D eigenvalue weighted by atomic mass is 10.1. The highest BCUT2D eigenvalue weighted by Crippen LogP contribution is 2.34. The van der Waals surface area contributed by atoms with Crippen molar-refractivity contribution in [1.82, 2.24) is 0 Å². The molecule has 0 nitrogen and oxygen atoms in total. The first-order chi connectivity index (χ1) is 6.76. The molecule has 0 unspecified atom stereocenters. The highest BCUT2D eigenvalue weighted by molar-refractivity contribution is 7.80. The molecule has 1 aromatic heterocycles. The molecule has 0 N–H and O–H groups in total. The van der Waals surface area contributed by atoms with Crippen molar-refractivity contribution in [2.45, 2.75) is 24.1 Å². The van der Waals surface area contributed by atoms with E-state index in [1.807, 2.05) is 0 Å². The second-order valence-electron chi connectivity index (χ2n) is 3.19. The Bertz CT molecular complexity index is 460. The van der Waals surface area contributed by atoms with Crippen molar-refractivity contribution >= 4 is 45.7 Å². The molecule has 0 amide bonds. The van der Waals surface area contributed by atoms with Crippen molar-refractivity contribution in [3.05, 3.63) is 28.6 Å². The predicted octanol–water partition coefficient (Wildman–Crippen LogP) is 4.49. The van der Waals surface area contributed by atoms with Crippen LogP contribution in [0.4, 0.5) is 0 Å². The SMILES string of the molecule is CCc1ccc(S)c2cc(CCl)sc12. The average Bonchev–Trinajstić information content (AvgIpc) is 2.63. The average molecular weight is 243 g/mol. The van der Waals surface area contributed by atoms with Crippen molar-refractivity contribution in [3.63, 3.8) is 0 Å². The van der Waals surface area contributed by atoms with Gasteiger partial charge in [-0.2, -0.15) is 0 Å². The van der Waals surface area contributed by atoms with Gasteiger partial charge in [-0.25, -0.2) is 0 Å². The molecule has 2 aromatic rings. The van der Waals surface area contributed by atoms with E-state index in [4.69, 9.17) is 11.6 Å². The minimum Gasteiger partial charge on any atom is -0.143 e. The molecule has 1 aromatic carbocycles. The number of rotatable bonds is 2. The Morgan fingerprint density at radius 2 is 2.21 bits per heavy atom. The second-order valence-corrected chi connectivity index (χ2v) is 5.07. The van der Waals surface area contributed by atoms with Crippen LogP contribution in [0, 0.1) is 0 Å². The van der Waals surface area contributed by atoms with Gasteiger partial charge in [0.2, 0.25) is 0 Å². The molecule has 0 atom stereocenters. The van der Waals surface area contributed by atoms with Crippen LogP contribution >= 0.6 is 35.6 Å². The van der Waals surface area contributed by atoms with Gasteiger partial charge >= 0.3 is 0 Å². The predicted molar refractivity (Wildman–Crippen MR) is 68.0 cm³/mol. The van der Waals surface area contributed by atoms with E-state index in [2.05, 4.69) is 37.8 Å². The van der Waals surface area contributed by atoms with Gasteiger partial charge in [-0.05, 0) is 24.1 Å². The van der Waals surface area contributed by atoms with E-state index in [-0.39, 0.29) is 0 Å². The number of thiol groups is 1. The van der Waals surface area contributed by atoms with Crippen molar-refractivity contribution in [2.24, 2.45) is 0 Å². The summed E-state index contributed by atoms with van der Waals surface area (Å²) in [6, 6.07) is 6.36. The van der Waals surface area contributed by atoms with Gasteiger partial charge in [0.1, 0.15) is 0 Å². The summed E-state index contributed by atoms with van der Waals surface area (Å²) in [5.74, 6) is 0.593. The summed E-state index contributed by atoms with van der Waals surface area (Å²) in [6.45, 7) is 2.17. The maximum Gasteiger partial charge on any atom is 0.0568 e. The van der Waals surface area contributed by atoms with E-state index >= 15 is 0 Å². The highest BCUT2D eigenvalue weighted by atomic mass is 35.5. The van der Waals surface area contributed by atoms with Crippen LogP contribution in [0.1, 0.15) is 17.4 Å². The third-order valence-corrected chi connectivity index (χ3v) is 4.35. The van der Waals surface area contributed by atoms with Gasteiger partial charge in [-0.3, -0.25) is 0 Å². The number of hydrogen-bond acceptors (Lipinski definition) is 2. The van der Waals surface area contributed by atoms with Crippen LogP contribution in [0.2, 0.25) is 0 Å². The van der Waals surface area contributed by atoms with Gasteiger partial charge in [0.25, 0.3) is 0 Å². The molecule has 0 fully saturated rings. The van der Waals surface area contributed by atoms with Gasteiger partial charge < -0.3 is 0 Å². The molecular formula is C11H11ClS2. The Kier molecular flexibility index (Phi) is 3.05. The van der Waals surface area contributed by atoms with Gasteiger partial charge in [0.05, 0.1) is 5.88 Å². The molecular weight excluding hydrogens is 232 g/mol. The summed E-state index contributed by atoms with van der Waals surface area (Å²) in [6.07, 6.45) is 1.06. The summed E-state index contributed by atoms with van der Waals surface area (Å²) in [4.78, 5) is 2.27. The number of hydrogen-bond donors (Lipinski definition) is 1. The van der Waals surface area contributed by atoms with Gasteiger partial charge in [0, 0.05) is 19.9 Å². The fourth-order valence-electron chi connectivity index (χ4n) is 1.56. The van der Waals surface area contributed by atoms with Crippen molar-refractivity contribution in [3.8, 4) is 0 Å². The Labute approximate surface area is 98.3 Å². The third kappa shape index (κ3) is 1.67. The number of halogens is 1. The lowest BCUT2D eigenvalue weighted by Crippen LogP contribution is -1.79. The van der Waals surface area contributed by atoms with E-state index in [0.717, 1.165) is 11.3 Å². The first-order valence-electron chi connectivity index (χ1n) is 4.55. The molecule has 14 heavy (non-hydrogen) atoms. The largest absolute Gasteiger partial charge is 0.143 e. The number of aryl methyl sites for hydroxylation is 1. The maximum absolute atomic E-state index is 5.83. The molecule has 3 heteroatoms. The lowest BCUT2D eigenvalue weighted by molar-refractivity contribution is 1.16. The standard InChI is InChI=1S/C11H11ClS2/c1-2-7-3-4-10(13)9-5-8(6-12)14-11(7)9/h3-5,13H,2,6H2,1H3. The highest BCUT2D eigenvalue weighted by Gasteiger charge is 2.07.